The fourth-order valence-electron chi connectivity index (χ4n) is 2.47. The zero-order chi connectivity index (χ0) is 21.1. The van der Waals surface area contributed by atoms with Crippen LogP contribution in [0.15, 0.2) is 48.5 Å². The van der Waals surface area contributed by atoms with Gasteiger partial charge in [-0.15, -0.1) is 0 Å². The van der Waals surface area contributed by atoms with Crippen LogP contribution in [0.1, 0.15) is 18.1 Å². The normalized spacial score (nSPS) is 11.3. The van der Waals surface area contributed by atoms with E-state index in [2.05, 4.69) is 5.32 Å². The van der Waals surface area contributed by atoms with Crippen molar-refractivity contribution in [1.29, 1.82) is 0 Å². The summed E-state index contributed by atoms with van der Waals surface area (Å²) in [7, 11) is 3.06. The average molecular weight is 403 g/mol. The van der Waals surface area contributed by atoms with Crippen LogP contribution < -0.4 is 14.8 Å². The van der Waals surface area contributed by atoms with E-state index in [4.69, 9.17) is 23.7 Å². The number of alkyl carbamates (subject to hydrolysis) is 1. The molecule has 0 saturated carbocycles. The predicted molar refractivity (Wildman–Crippen MR) is 105 cm³/mol. The average Bonchev–Trinajstić information content (AvgIpc) is 2.72. The fraction of sp³-hybridized carbons (Fsp3) is 0.333. The molecule has 1 N–H and O–H groups in total. The number of benzene rings is 2. The van der Waals surface area contributed by atoms with Crippen LogP contribution in [0, 0.1) is 0 Å². The topological polar surface area (TPSA) is 92.3 Å². The van der Waals surface area contributed by atoms with Crippen molar-refractivity contribution >= 4 is 12.1 Å². The number of nitrogens with one attached hydrogen (secondary N) is 1. The maximum absolute atomic E-state index is 12.1. The van der Waals surface area contributed by atoms with E-state index in [-0.39, 0.29) is 13.2 Å². The van der Waals surface area contributed by atoms with Gasteiger partial charge >= 0.3 is 12.1 Å². The highest BCUT2D eigenvalue weighted by atomic mass is 16.6. The molecule has 0 radical (unpaired) electrons. The number of esters is 1. The quantitative estimate of drug-likeness (QED) is 0.481. The third kappa shape index (κ3) is 7.71. The first kappa shape index (κ1) is 22.0. The molecule has 0 heterocycles. The monoisotopic (exact) mass is 403 g/mol. The van der Waals surface area contributed by atoms with E-state index in [1.54, 1.807) is 18.2 Å². The second-order valence-electron chi connectivity index (χ2n) is 6.00. The number of ether oxygens (including phenoxy) is 5. The Bertz CT molecular complexity index is 795. The third-order valence-corrected chi connectivity index (χ3v) is 3.81. The molecule has 2 aromatic rings. The Hall–Kier alpha value is -3.26. The predicted octanol–water partition coefficient (Wildman–Crippen LogP) is 3.04. The fourth-order valence-corrected chi connectivity index (χ4v) is 2.47. The molecular formula is C21H25NO7. The molecule has 0 fully saturated rings. The van der Waals surface area contributed by atoms with Crippen LogP contribution >= 0.6 is 0 Å². The molecule has 8 nitrogen and oxygen atoms in total. The van der Waals surface area contributed by atoms with Crippen LogP contribution in [-0.4, -0.2) is 39.1 Å². The van der Waals surface area contributed by atoms with Crippen LogP contribution in [0.4, 0.5) is 4.79 Å². The molecule has 2 aromatic carbocycles. The maximum atomic E-state index is 12.1. The Morgan fingerprint density at radius 3 is 2.41 bits per heavy atom. The van der Waals surface area contributed by atoms with E-state index in [9.17, 15) is 9.59 Å². The molecule has 2 rings (SSSR count). The third-order valence-electron chi connectivity index (χ3n) is 3.81. The number of rotatable bonds is 10. The van der Waals surface area contributed by atoms with E-state index in [1.807, 2.05) is 30.3 Å². The van der Waals surface area contributed by atoms with Gasteiger partial charge in [0.05, 0.1) is 20.8 Å². The van der Waals surface area contributed by atoms with Crippen LogP contribution in [0.3, 0.4) is 0 Å². The van der Waals surface area contributed by atoms with Gasteiger partial charge in [-0.1, -0.05) is 30.3 Å². The van der Waals surface area contributed by atoms with Gasteiger partial charge in [0.2, 0.25) is 6.23 Å². The van der Waals surface area contributed by atoms with Crippen molar-refractivity contribution in [2.24, 2.45) is 0 Å². The zero-order valence-electron chi connectivity index (χ0n) is 16.7. The molecule has 156 valence electrons. The summed E-state index contributed by atoms with van der Waals surface area (Å²) in [6.45, 7) is 1.49. The first-order chi connectivity index (χ1) is 14.0. The van der Waals surface area contributed by atoms with Gasteiger partial charge in [-0.2, -0.15) is 0 Å². The molecule has 0 aliphatic rings. The number of hydrogen-bond donors (Lipinski definition) is 1. The zero-order valence-corrected chi connectivity index (χ0v) is 16.7. The van der Waals surface area contributed by atoms with Crippen LogP contribution in [0.2, 0.25) is 0 Å². The van der Waals surface area contributed by atoms with E-state index in [1.165, 1.54) is 21.1 Å². The van der Waals surface area contributed by atoms with Crippen LogP contribution in [0.25, 0.3) is 0 Å². The lowest BCUT2D eigenvalue weighted by molar-refractivity contribution is -0.151. The highest BCUT2D eigenvalue weighted by Crippen LogP contribution is 2.24. The van der Waals surface area contributed by atoms with E-state index < -0.39 is 18.3 Å². The summed E-state index contributed by atoms with van der Waals surface area (Å²) in [6, 6.07) is 14.7. The number of amides is 1. The summed E-state index contributed by atoms with van der Waals surface area (Å²) in [5, 5.41) is 2.47. The van der Waals surface area contributed by atoms with E-state index in [0.717, 1.165) is 5.56 Å². The highest BCUT2D eigenvalue weighted by Gasteiger charge is 2.17. The second kappa shape index (κ2) is 11.6. The number of methoxy groups -OCH3 is 2. The van der Waals surface area contributed by atoms with Gasteiger partial charge < -0.3 is 23.7 Å². The van der Waals surface area contributed by atoms with Crippen LogP contribution in [0.5, 0.6) is 11.5 Å². The molecule has 0 saturated heterocycles. The summed E-state index contributed by atoms with van der Waals surface area (Å²) in [6.07, 6.45) is -1.74. The van der Waals surface area contributed by atoms with Gasteiger partial charge in [-0.25, -0.2) is 4.79 Å². The number of hydrogen-bond acceptors (Lipinski definition) is 7. The van der Waals surface area contributed by atoms with E-state index in [0.29, 0.717) is 23.7 Å². The molecule has 0 aliphatic heterocycles. The Kier molecular flexibility index (Phi) is 8.78. The van der Waals surface area contributed by atoms with Crippen molar-refractivity contribution in [2.45, 2.75) is 26.4 Å². The maximum Gasteiger partial charge on any atom is 0.410 e. The molecule has 0 aliphatic carbocycles. The number of carbonyl (C=O) groups is 2. The van der Waals surface area contributed by atoms with Crippen LogP contribution in [-0.2, 0) is 32.2 Å². The van der Waals surface area contributed by atoms with Gasteiger partial charge in [-0.05, 0) is 23.8 Å². The summed E-state index contributed by atoms with van der Waals surface area (Å²) in [5.74, 6) is 0.617. The first-order valence-corrected chi connectivity index (χ1v) is 8.95. The molecule has 0 aromatic heterocycles. The highest BCUT2D eigenvalue weighted by molar-refractivity contribution is 5.69. The van der Waals surface area contributed by atoms with Crippen molar-refractivity contribution in [2.75, 3.05) is 20.8 Å². The Morgan fingerprint density at radius 1 is 1.00 bits per heavy atom. The molecule has 0 spiro atoms. The lowest BCUT2D eigenvalue weighted by atomic mass is 10.2. The van der Waals surface area contributed by atoms with Gasteiger partial charge in [-0.3, -0.25) is 10.1 Å². The standard InChI is InChI=1S/C21H25NO7/c1-15(23)29-20(14-27-12-16-7-5-4-6-8-16)22-21(24)28-13-17-11-18(25-2)9-10-19(17)26-3/h4-11,20H,12-14H2,1-3H3,(H,22,24). The number of carbonyl (C=O) groups excluding carboxylic acids is 2. The van der Waals surface area contributed by atoms with Crippen molar-refractivity contribution in [3.8, 4) is 11.5 Å². The van der Waals surface area contributed by atoms with E-state index >= 15 is 0 Å². The minimum atomic E-state index is -0.976. The summed E-state index contributed by atoms with van der Waals surface area (Å²) < 4.78 is 26.2. The second-order valence-corrected chi connectivity index (χ2v) is 6.00. The van der Waals surface area contributed by atoms with Crippen molar-refractivity contribution in [3.63, 3.8) is 0 Å². The minimum absolute atomic E-state index is 0.0218. The molecule has 1 atom stereocenters. The summed E-state index contributed by atoms with van der Waals surface area (Å²) >= 11 is 0. The molecule has 29 heavy (non-hydrogen) atoms. The van der Waals surface area contributed by atoms with Gasteiger partial charge in [0.1, 0.15) is 24.7 Å². The largest absolute Gasteiger partial charge is 0.497 e. The lowest BCUT2D eigenvalue weighted by Crippen LogP contribution is -2.41. The minimum Gasteiger partial charge on any atom is -0.497 e. The Morgan fingerprint density at radius 2 is 1.76 bits per heavy atom. The molecule has 1 unspecified atom stereocenters. The van der Waals surface area contributed by atoms with Gasteiger partial charge in [0, 0.05) is 12.5 Å². The smallest absolute Gasteiger partial charge is 0.410 e. The molecular weight excluding hydrogens is 378 g/mol. The van der Waals surface area contributed by atoms with Crippen molar-refractivity contribution in [3.05, 3.63) is 59.7 Å². The first-order valence-electron chi connectivity index (χ1n) is 8.95. The molecule has 8 heteroatoms. The molecule has 1 amide bonds. The van der Waals surface area contributed by atoms with Gasteiger partial charge in [0.15, 0.2) is 0 Å². The summed E-state index contributed by atoms with van der Waals surface area (Å²) in [4.78, 5) is 23.4. The van der Waals surface area contributed by atoms with Crippen molar-refractivity contribution < 1.29 is 33.3 Å². The van der Waals surface area contributed by atoms with Gasteiger partial charge in [0.25, 0.3) is 0 Å². The lowest BCUT2D eigenvalue weighted by Gasteiger charge is -2.19. The van der Waals surface area contributed by atoms with Crippen molar-refractivity contribution in [1.82, 2.24) is 5.32 Å². The molecule has 0 bridgehead atoms. The Balaban J connectivity index is 1.88. The SMILES string of the molecule is COc1ccc(OC)c(COC(=O)NC(COCc2ccccc2)OC(C)=O)c1. The Labute approximate surface area is 169 Å². The summed E-state index contributed by atoms with van der Waals surface area (Å²) in [5.41, 5.74) is 1.59.